The molecule has 0 spiro atoms. The molecule has 162 valence electrons. The van der Waals surface area contributed by atoms with Crippen LogP contribution in [0.4, 0.5) is 0 Å². The Bertz CT molecular complexity index is 550. The van der Waals surface area contributed by atoms with Crippen LogP contribution in [0.2, 0.25) is 0 Å². The van der Waals surface area contributed by atoms with E-state index in [0.29, 0.717) is 5.75 Å². The van der Waals surface area contributed by atoms with Crippen molar-refractivity contribution in [3.8, 4) is 0 Å². The van der Waals surface area contributed by atoms with Crippen molar-refractivity contribution in [2.24, 2.45) is 11.7 Å². The van der Waals surface area contributed by atoms with Crippen LogP contribution in [0.5, 0.6) is 0 Å². The zero-order valence-corrected chi connectivity index (χ0v) is 18.8. The predicted molar refractivity (Wildman–Crippen MR) is 117 cm³/mol. The van der Waals surface area contributed by atoms with Gasteiger partial charge in [-0.3, -0.25) is 14.4 Å². The molecule has 4 atom stereocenters. The summed E-state index contributed by atoms with van der Waals surface area (Å²) in [5, 5.41) is 16.7. The van der Waals surface area contributed by atoms with E-state index in [4.69, 9.17) is 5.73 Å². The Morgan fingerprint density at radius 1 is 0.964 bits per heavy atom. The van der Waals surface area contributed by atoms with Crippen molar-refractivity contribution in [3.05, 3.63) is 0 Å². The Morgan fingerprint density at radius 3 is 1.96 bits per heavy atom. The molecule has 0 rings (SSSR count). The third kappa shape index (κ3) is 9.39. The smallest absolute Gasteiger partial charge is 0.326 e. The zero-order chi connectivity index (χ0) is 21.9. The summed E-state index contributed by atoms with van der Waals surface area (Å²) >= 11 is 9.48. The molecule has 0 aromatic rings. The highest BCUT2D eigenvalue weighted by molar-refractivity contribution is 7.98. The van der Waals surface area contributed by atoms with Crippen molar-refractivity contribution in [3.63, 3.8) is 0 Å². The Morgan fingerprint density at radius 2 is 1.54 bits per heavy atom. The maximum Gasteiger partial charge on any atom is 0.326 e. The monoisotopic (exact) mass is 454 g/mol. The molecular formula is C16H30N4O5S3. The van der Waals surface area contributed by atoms with Crippen molar-refractivity contribution >= 4 is 60.7 Å². The molecule has 0 aliphatic carbocycles. The number of carboxylic acids is 1. The average molecular weight is 455 g/mol. The fourth-order valence-electron chi connectivity index (χ4n) is 2.10. The molecule has 28 heavy (non-hydrogen) atoms. The minimum atomic E-state index is -1.15. The highest BCUT2D eigenvalue weighted by Gasteiger charge is 2.30. The number of thioether (sulfide) groups is 1. The van der Waals surface area contributed by atoms with E-state index in [-0.39, 0.29) is 23.8 Å². The normalized spacial score (nSPS) is 15.2. The van der Waals surface area contributed by atoms with E-state index in [0.717, 1.165) is 0 Å². The first-order chi connectivity index (χ1) is 13.1. The van der Waals surface area contributed by atoms with Crippen LogP contribution in [0, 0.1) is 5.92 Å². The standard InChI is InChI=1S/C16H30N4O5S3/c1-8(2)12(20-13(21)9(17)6-26)15(23)19-11(7-27)14(22)18-10(16(24)25)4-5-28-3/h8-12,26-27H,4-7,17H2,1-3H3,(H,18,22)(H,19,23)(H,20,21)(H,24,25). The number of carbonyl (C=O) groups is 4. The molecule has 0 fully saturated rings. The van der Waals surface area contributed by atoms with Crippen molar-refractivity contribution in [2.45, 2.75) is 44.4 Å². The highest BCUT2D eigenvalue weighted by atomic mass is 32.2. The molecule has 9 nitrogen and oxygen atoms in total. The van der Waals surface area contributed by atoms with E-state index in [1.165, 1.54) is 11.8 Å². The van der Waals surface area contributed by atoms with Gasteiger partial charge in [0.1, 0.15) is 18.1 Å². The van der Waals surface area contributed by atoms with Gasteiger partial charge >= 0.3 is 5.97 Å². The van der Waals surface area contributed by atoms with Gasteiger partial charge in [0.05, 0.1) is 6.04 Å². The first-order valence-corrected chi connectivity index (χ1v) is 11.3. The van der Waals surface area contributed by atoms with E-state index in [1.807, 2.05) is 6.26 Å². The number of carboxylic acid groups (broad SMARTS) is 1. The number of nitrogens with two attached hydrogens (primary N) is 1. The summed E-state index contributed by atoms with van der Waals surface area (Å²) in [7, 11) is 0. The largest absolute Gasteiger partial charge is 0.480 e. The minimum Gasteiger partial charge on any atom is -0.480 e. The number of aliphatic carboxylic acids is 1. The van der Waals surface area contributed by atoms with Gasteiger partial charge in [-0.25, -0.2) is 4.79 Å². The molecule has 0 aromatic carbocycles. The Kier molecular flexibility index (Phi) is 13.4. The van der Waals surface area contributed by atoms with Crippen LogP contribution in [0.15, 0.2) is 0 Å². The van der Waals surface area contributed by atoms with E-state index < -0.39 is 47.9 Å². The molecule has 4 unspecified atom stereocenters. The first-order valence-electron chi connectivity index (χ1n) is 8.69. The molecule has 0 saturated carbocycles. The van der Waals surface area contributed by atoms with Gasteiger partial charge < -0.3 is 26.8 Å². The van der Waals surface area contributed by atoms with Gasteiger partial charge in [0.25, 0.3) is 0 Å². The second kappa shape index (κ2) is 14.0. The fourth-order valence-corrected chi connectivity index (χ4v) is 2.99. The summed E-state index contributed by atoms with van der Waals surface area (Å²) < 4.78 is 0. The summed E-state index contributed by atoms with van der Waals surface area (Å²) in [6, 6.07) is -3.90. The van der Waals surface area contributed by atoms with Crippen molar-refractivity contribution in [2.75, 3.05) is 23.5 Å². The molecule has 0 heterocycles. The first kappa shape index (κ1) is 26.9. The lowest BCUT2D eigenvalue weighted by atomic mass is 10.0. The molecule has 0 radical (unpaired) electrons. The Labute approximate surface area is 180 Å². The van der Waals surface area contributed by atoms with Crippen molar-refractivity contribution in [1.29, 1.82) is 0 Å². The maximum atomic E-state index is 12.6. The van der Waals surface area contributed by atoms with Crippen LogP contribution < -0.4 is 21.7 Å². The number of hydrogen-bond acceptors (Lipinski definition) is 8. The van der Waals surface area contributed by atoms with Crippen LogP contribution in [-0.2, 0) is 19.2 Å². The van der Waals surface area contributed by atoms with Gasteiger partial charge in [-0.1, -0.05) is 13.8 Å². The lowest BCUT2D eigenvalue weighted by Crippen LogP contribution is -2.59. The van der Waals surface area contributed by atoms with Gasteiger partial charge in [0, 0.05) is 11.5 Å². The number of amides is 3. The summed E-state index contributed by atoms with van der Waals surface area (Å²) in [5.41, 5.74) is 5.61. The Balaban J connectivity index is 5.07. The molecule has 12 heteroatoms. The zero-order valence-electron chi connectivity index (χ0n) is 16.2. The van der Waals surface area contributed by atoms with Crippen molar-refractivity contribution < 1.29 is 24.3 Å². The maximum absolute atomic E-state index is 12.6. The third-order valence-corrected chi connectivity index (χ3v) is 5.22. The second-order valence-corrected chi connectivity index (χ2v) is 8.16. The molecule has 0 aliphatic heterocycles. The number of rotatable bonds is 13. The highest BCUT2D eigenvalue weighted by Crippen LogP contribution is 2.05. The van der Waals surface area contributed by atoms with Crippen LogP contribution in [0.25, 0.3) is 0 Å². The topological polar surface area (TPSA) is 151 Å². The fraction of sp³-hybridized carbons (Fsp3) is 0.750. The van der Waals surface area contributed by atoms with E-state index in [1.54, 1.807) is 13.8 Å². The summed E-state index contributed by atoms with van der Waals surface area (Å²) in [5.74, 6) is -2.56. The van der Waals surface area contributed by atoms with Gasteiger partial charge in [0.15, 0.2) is 0 Å². The van der Waals surface area contributed by atoms with E-state index >= 15 is 0 Å². The second-order valence-electron chi connectivity index (χ2n) is 6.44. The quantitative estimate of drug-likeness (QED) is 0.179. The number of nitrogens with one attached hydrogen (secondary N) is 3. The van der Waals surface area contributed by atoms with Crippen LogP contribution in [0.1, 0.15) is 20.3 Å². The summed E-state index contributed by atoms with van der Waals surface area (Å²) in [6.07, 6.45) is 2.08. The van der Waals surface area contributed by atoms with Gasteiger partial charge in [-0.2, -0.15) is 37.0 Å². The minimum absolute atomic E-state index is 0.0403. The number of hydrogen-bond donors (Lipinski definition) is 7. The molecule has 0 saturated heterocycles. The summed E-state index contributed by atoms with van der Waals surface area (Å²) in [4.78, 5) is 48.2. The summed E-state index contributed by atoms with van der Waals surface area (Å²) in [6.45, 7) is 3.46. The average Bonchev–Trinajstić information content (AvgIpc) is 2.65. The molecule has 6 N–H and O–H groups in total. The van der Waals surface area contributed by atoms with Crippen LogP contribution >= 0.6 is 37.0 Å². The number of carbonyl (C=O) groups excluding carboxylic acids is 3. The molecule has 3 amide bonds. The Hall–Kier alpha value is -1.11. The predicted octanol–water partition coefficient (Wildman–Crippen LogP) is -0.879. The van der Waals surface area contributed by atoms with Gasteiger partial charge in [0.2, 0.25) is 17.7 Å². The SMILES string of the molecule is CSCCC(NC(=O)C(CS)NC(=O)C(NC(=O)C(N)CS)C(C)C)C(=O)O. The van der Waals surface area contributed by atoms with Crippen molar-refractivity contribution in [1.82, 2.24) is 16.0 Å². The van der Waals surface area contributed by atoms with Gasteiger partial charge in [-0.15, -0.1) is 0 Å². The molecular weight excluding hydrogens is 424 g/mol. The molecule has 0 aromatic heterocycles. The lowest BCUT2D eigenvalue weighted by molar-refractivity contribution is -0.142. The van der Waals surface area contributed by atoms with E-state index in [9.17, 15) is 24.3 Å². The van der Waals surface area contributed by atoms with E-state index in [2.05, 4.69) is 41.2 Å². The van der Waals surface area contributed by atoms with Gasteiger partial charge in [-0.05, 0) is 24.3 Å². The van der Waals surface area contributed by atoms with Crippen LogP contribution in [-0.4, -0.2) is 76.5 Å². The molecule has 0 bridgehead atoms. The number of thiol groups is 2. The lowest BCUT2D eigenvalue weighted by Gasteiger charge is -2.26. The molecule has 0 aliphatic rings. The third-order valence-electron chi connectivity index (χ3n) is 3.82. The van der Waals surface area contributed by atoms with Crippen LogP contribution in [0.3, 0.4) is 0 Å².